The van der Waals surface area contributed by atoms with Crippen molar-refractivity contribution >= 4 is 22.7 Å². The summed E-state index contributed by atoms with van der Waals surface area (Å²) in [6.45, 7) is 1.39. The number of aromatic amines is 1. The Bertz CT molecular complexity index is 1330. The molecule has 2 aliphatic rings. The summed E-state index contributed by atoms with van der Waals surface area (Å²) in [5, 5.41) is 10.4. The molecule has 9 nitrogen and oxygen atoms in total. The molecule has 1 aliphatic carbocycles. The van der Waals surface area contributed by atoms with Crippen LogP contribution in [0.5, 0.6) is 11.6 Å². The molecule has 0 bridgehead atoms. The fourth-order valence-corrected chi connectivity index (χ4v) is 4.81. The van der Waals surface area contributed by atoms with Gasteiger partial charge >= 0.3 is 6.03 Å². The van der Waals surface area contributed by atoms with E-state index in [-0.39, 0.29) is 34.8 Å². The van der Waals surface area contributed by atoms with Crippen LogP contribution in [0, 0.1) is 5.82 Å². The number of halogens is 1. The van der Waals surface area contributed by atoms with Crippen LogP contribution in [-0.4, -0.2) is 64.2 Å². The molecule has 1 aromatic heterocycles. The van der Waals surface area contributed by atoms with E-state index in [4.69, 9.17) is 4.74 Å². The zero-order valence-corrected chi connectivity index (χ0v) is 19.8. The van der Waals surface area contributed by atoms with E-state index in [1.165, 1.54) is 24.6 Å². The van der Waals surface area contributed by atoms with Crippen molar-refractivity contribution in [1.29, 1.82) is 0 Å². The first-order valence-electron chi connectivity index (χ1n) is 12.3. The number of amides is 3. The van der Waals surface area contributed by atoms with Gasteiger partial charge in [0.2, 0.25) is 5.88 Å². The van der Waals surface area contributed by atoms with Gasteiger partial charge in [0.05, 0.1) is 16.3 Å². The Hall–Kier alpha value is -3.95. The number of nitrogens with one attached hydrogen (secondary N) is 2. The van der Waals surface area contributed by atoms with Crippen LogP contribution < -0.4 is 15.6 Å². The van der Waals surface area contributed by atoms with E-state index in [2.05, 4.69) is 15.5 Å². The molecule has 1 saturated heterocycles. The van der Waals surface area contributed by atoms with E-state index in [0.29, 0.717) is 37.0 Å². The molecule has 0 radical (unpaired) electrons. The highest BCUT2D eigenvalue weighted by molar-refractivity contribution is 5.95. The summed E-state index contributed by atoms with van der Waals surface area (Å²) in [7, 11) is 0. The molecular formula is C26H28FN5O4. The lowest BCUT2D eigenvalue weighted by Gasteiger charge is -2.36. The Morgan fingerprint density at radius 1 is 0.972 bits per heavy atom. The Morgan fingerprint density at radius 2 is 1.67 bits per heavy atom. The molecule has 36 heavy (non-hydrogen) atoms. The van der Waals surface area contributed by atoms with E-state index in [9.17, 15) is 18.8 Å². The van der Waals surface area contributed by atoms with Gasteiger partial charge in [0.1, 0.15) is 11.6 Å². The third kappa shape index (κ3) is 5.02. The van der Waals surface area contributed by atoms with Gasteiger partial charge in [-0.05, 0) is 43.2 Å². The Labute approximate surface area is 207 Å². The quantitative estimate of drug-likeness (QED) is 0.577. The number of carbonyl (C=O) groups is 2. The van der Waals surface area contributed by atoms with Gasteiger partial charge in [-0.15, -0.1) is 5.10 Å². The second-order valence-electron chi connectivity index (χ2n) is 9.21. The first-order chi connectivity index (χ1) is 17.5. The number of hydrogen-bond donors (Lipinski definition) is 2. The van der Waals surface area contributed by atoms with Crippen molar-refractivity contribution in [3.05, 3.63) is 64.2 Å². The van der Waals surface area contributed by atoms with Gasteiger partial charge in [0.25, 0.3) is 11.5 Å². The monoisotopic (exact) mass is 493 g/mol. The lowest BCUT2D eigenvalue weighted by Crippen LogP contribution is -2.54. The molecule has 5 rings (SSSR count). The van der Waals surface area contributed by atoms with Crippen molar-refractivity contribution in [3.8, 4) is 11.6 Å². The van der Waals surface area contributed by atoms with Crippen LogP contribution in [0.3, 0.4) is 0 Å². The van der Waals surface area contributed by atoms with Gasteiger partial charge in [0, 0.05) is 32.2 Å². The molecule has 3 aromatic rings. The second kappa shape index (κ2) is 10.3. The normalized spacial score (nSPS) is 16.7. The van der Waals surface area contributed by atoms with Gasteiger partial charge in [-0.25, -0.2) is 14.3 Å². The fourth-order valence-electron chi connectivity index (χ4n) is 4.81. The standard InChI is InChI=1S/C26H28FN5O4/c27-22-11-10-18(36-24-20-9-5-4-8-19(20)23(33)29-30-24)16-21(22)25(34)31-12-14-32(15-13-31)26(35)28-17-6-2-1-3-7-17/h4-5,8-11,16-17H,1-3,6-7,12-15H2,(H,28,35)(H,29,33). The average molecular weight is 494 g/mol. The van der Waals surface area contributed by atoms with E-state index in [1.807, 2.05) is 0 Å². The molecule has 3 amide bonds. The number of nitrogens with zero attached hydrogens (tertiary/aromatic N) is 3. The highest BCUT2D eigenvalue weighted by Gasteiger charge is 2.28. The van der Waals surface area contributed by atoms with Crippen molar-refractivity contribution in [2.75, 3.05) is 26.2 Å². The number of H-pyrrole nitrogens is 1. The molecule has 2 heterocycles. The average Bonchev–Trinajstić information content (AvgIpc) is 2.92. The molecule has 2 N–H and O–H groups in total. The number of ether oxygens (including phenoxy) is 1. The number of fused-ring (bicyclic) bond motifs is 1. The SMILES string of the molecule is O=C(NC1CCCCC1)N1CCN(C(=O)c2cc(Oc3n[nH]c(=O)c4ccccc34)ccc2F)CC1. The molecule has 0 atom stereocenters. The summed E-state index contributed by atoms with van der Waals surface area (Å²) in [5.41, 5.74) is -0.471. The molecule has 0 unspecified atom stereocenters. The first kappa shape index (κ1) is 23.8. The maximum Gasteiger partial charge on any atom is 0.317 e. The Balaban J connectivity index is 1.25. The fraction of sp³-hybridized carbons (Fsp3) is 0.385. The highest BCUT2D eigenvalue weighted by Crippen LogP contribution is 2.27. The van der Waals surface area contributed by atoms with Crippen LogP contribution in [0.25, 0.3) is 10.8 Å². The van der Waals surface area contributed by atoms with E-state index < -0.39 is 11.7 Å². The minimum absolute atomic E-state index is 0.101. The summed E-state index contributed by atoms with van der Waals surface area (Å²) in [4.78, 5) is 41.0. The number of carbonyl (C=O) groups excluding carboxylic acids is 2. The van der Waals surface area contributed by atoms with E-state index >= 15 is 0 Å². The summed E-state index contributed by atoms with van der Waals surface area (Å²) in [6, 6.07) is 10.9. The molecular weight excluding hydrogens is 465 g/mol. The van der Waals surface area contributed by atoms with Crippen LogP contribution in [0.15, 0.2) is 47.3 Å². The predicted molar refractivity (Wildman–Crippen MR) is 132 cm³/mol. The number of aromatic nitrogens is 2. The van der Waals surface area contributed by atoms with Crippen LogP contribution in [0.4, 0.5) is 9.18 Å². The number of benzene rings is 2. The zero-order chi connectivity index (χ0) is 25.1. The lowest BCUT2D eigenvalue weighted by atomic mass is 9.96. The maximum atomic E-state index is 14.6. The first-order valence-corrected chi connectivity index (χ1v) is 12.3. The topological polar surface area (TPSA) is 108 Å². The Kier molecular flexibility index (Phi) is 6.84. The highest BCUT2D eigenvalue weighted by atomic mass is 19.1. The van der Waals surface area contributed by atoms with Gasteiger partial charge < -0.3 is 19.9 Å². The predicted octanol–water partition coefficient (Wildman–Crippen LogP) is 3.65. The third-order valence-corrected chi connectivity index (χ3v) is 6.83. The molecule has 0 spiro atoms. The third-order valence-electron chi connectivity index (χ3n) is 6.83. The van der Waals surface area contributed by atoms with E-state index in [0.717, 1.165) is 25.7 Å². The number of urea groups is 1. The summed E-state index contributed by atoms with van der Waals surface area (Å²) in [6.07, 6.45) is 5.50. The Morgan fingerprint density at radius 3 is 2.42 bits per heavy atom. The molecule has 188 valence electrons. The molecule has 2 fully saturated rings. The van der Waals surface area contributed by atoms with Crippen molar-refractivity contribution in [3.63, 3.8) is 0 Å². The van der Waals surface area contributed by atoms with Crippen molar-refractivity contribution < 1.29 is 18.7 Å². The molecule has 1 aliphatic heterocycles. The number of piperazine rings is 1. The molecule has 1 saturated carbocycles. The number of hydrogen-bond acceptors (Lipinski definition) is 5. The van der Waals surface area contributed by atoms with Gasteiger partial charge in [-0.1, -0.05) is 31.4 Å². The minimum atomic E-state index is -0.663. The largest absolute Gasteiger partial charge is 0.437 e. The summed E-state index contributed by atoms with van der Waals surface area (Å²) >= 11 is 0. The minimum Gasteiger partial charge on any atom is -0.437 e. The van der Waals surface area contributed by atoms with Crippen LogP contribution >= 0.6 is 0 Å². The van der Waals surface area contributed by atoms with E-state index in [1.54, 1.807) is 34.1 Å². The zero-order valence-electron chi connectivity index (χ0n) is 19.8. The van der Waals surface area contributed by atoms with Crippen LogP contribution in [0.2, 0.25) is 0 Å². The van der Waals surface area contributed by atoms with Gasteiger partial charge in [-0.2, -0.15) is 0 Å². The van der Waals surface area contributed by atoms with Crippen molar-refractivity contribution in [2.45, 2.75) is 38.1 Å². The molecule has 10 heteroatoms. The second-order valence-corrected chi connectivity index (χ2v) is 9.21. The molecule has 2 aromatic carbocycles. The lowest BCUT2D eigenvalue weighted by molar-refractivity contribution is 0.0657. The van der Waals surface area contributed by atoms with Gasteiger partial charge in [0.15, 0.2) is 0 Å². The van der Waals surface area contributed by atoms with Crippen LogP contribution in [0.1, 0.15) is 42.5 Å². The summed E-state index contributed by atoms with van der Waals surface area (Å²) in [5.74, 6) is -0.767. The van der Waals surface area contributed by atoms with Gasteiger partial charge in [-0.3, -0.25) is 9.59 Å². The maximum absolute atomic E-state index is 14.6. The van der Waals surface area contributed by atoms with Crippen LogP contribution in [-0.2, 0) is 0 Å². The van der Waals surface area contributed by atoms with Crippen molar-refractivity contribution in [1.82, 2.24) is 25.3 Å². The smallest absolute Gasteiger partial charge is 0.317 e. The van der Waals surface area contributed by atoms with Crippen molar-refractivity contribution in [2.24, 2.45) is 0 Å². The number of rotatable bonds is 4. The summed E-state index contributed by atoms with van der Waals surface area (Å²) < 4.78 is 20.5.